The van der Waals surface area contributed by atoms with Crippen molar-refractivity contribution in [2.75, 3.05) is 18.1 Å². The number of halogens is 1. The van der Waals surface area contributed by atoms with Gasteiger partial charge in [-0.05, 0) is 68.4 Å². The molecule has 2 heterocycles. The summed E-state index contributed by atoms with van der Waals surface area (Å²) < 4.78 is 7.94. The molecule has 41 heavy (non-hydrogen) atoms. The van der Waals surface area contributed by atoms with Gasteiger partial charge in [0.05, 0.1) is 6.61 Å². The summed E-state index contributed by atoms with van der Waals surface area (Å²) in [7, 11) is 0. The van der Waals surface area contributed by atoms with Gasteiger partial charge in [0.2, 0.25) is 0 Å². The third-order valence-corrected chi connectivity index (χ3v) is 7.57. The first-order valence-electron chi connectivity index (χ1n) is 13.7. The van der Waals surface area contributed by atoms with Crippen molar-refractivity contribution in [1.82, 2.24) is 30.4 Å². The molecule has 9 nitrogen and oxygen atoms in total. The van der Waals surface area contributed by atoms with Gasteiger partial charge in [-0.2, -0.15) is 5.10 Å². The number of aryl methyl sites for hydroxylation is 2. The topological polar surface area (TPSA) is 102 Å². The molecule has 0 aliphatic heterocycles. The Bertz CT molecular complexity index is 1570. The molecular weight excluding hydrogens is 582 g/mol. The van der Waals surface area contributed by atoms with E-state index in [4.69, 9.17) is 9.84 Å². The molecule has 0 aliphatic carbocycles. The number of nitrogens with zero attached hydrogens (tertiary/aromatic N) is 6. The van der Waals surface area contributed by atoms with Crippen LogP contribution in [0.4, 0.5) is 5.82 Å². The molecule has 0 saturated carbocycles. The van der Waals surface area contributed by atoms with Crippen LogP contribution >= 0.6 is 15.9 Å². The molecule has 0 saturated heterocycles. The zero-order valence-corrected chi connectivity index (χ0v) is 24.7. The normalized spacial score (nSPS) is 11.0. The quantitative estimate of drug-likeness (QED) is 0.164. The summed E-state index contributed by atoms with van der Waals surface area (Å²) in [5.74, 6) is 0.867. The van der Waals surface area contributed by atoms with Crippen molar-refractivity contribution in [3.63, 3.8) is 0 Å². The van der Waals surface area contributed by atoms with Gasteiger partial charge < -0.3 is 9.64 Å². The predicted octanol–water partition coefficient (Wildman–Crippen LogP) is 6.33. The highest BCUT2D eigenvalue weighted by Gasteiger charge is 2.27. The van der Waals surface area contributed by atoms with Crippen LogP contribution in [0.5, 0.6) is 0 Å². The summed E-state index contributed by atoms with van der Waals surface area (Å²) in [6.45, 7) is 6.19. The first-order valence-corrected chi connectivity index (χ1v) is 14.5. The molecule has 0 amide bonds. The number of carbonyl (C=O) groups excluding carboxylic acids is 1. The number of nitrogens with one attached hydrogen (secondary N) is 1. The second kappa shape index (κ2) is 13.4. The summed E-state index contributed by atoms with van der Waals surface area (Å²) in [5, 5.41) is 19.3. The SMILES string of the molecule is CCCN(Cc1ccc(-c2ccccc2-c2nnn[nH]2)cc1)c1nn(CCc2ccccc2)c(Br)c1C(=O)OCC. The Morgan fingerprint density at radius 1 is 0.951 bits per heavy atom. The van der Waals surface area contributed by atoms with Gasteiger partial charge in [0.15, 0.2) is 11.6 Å². The average Bonchev–Trinajstić information content (AvgIpc) is 3.65. The Labute approximate surface area is 247 Å². The molecule has 0 fully saturated rings. The van der Waals surface area contributed by atoms with Crippen molar-refractivity contribution >= 4 is 27.7 Å². The number of anilines is 1. The van der Waals surface area contributed by atoms with Gasteiger partial charge in [0.1, 0.15) is 10.2 Å². The molecule has 10 heteroatoms. The number of rotatable bonds is 12. The maximum absolute atomic E-state index is 13.1. The number of carbonyl (C=O) groups is 1. The molecule has 0 radical (unpaired) electrons. The first-order chi connectivity index (χ1) is 20.1. The Morgan fingerprint density at radius 3 is 2.37 bits per heavy atom. The van der Waals surface area contributed by atoms with Gasteiger partial charge in [-0.25, -0.2) is 9.89 Å². The number of esters is 1. The maximum Gasteiger partial charge on any atom is 0.344 e. The highest BCUT2D eigenvalue weighted by Crippen LogP contribution is 2.32. The monoisotopic (exact) mass is 613 g/mol. The van der Waals surface area contributed by atoms with Crippen LogP contribution in [0.2, 0.25) is 0 Å². The predicted molar refractivity (Wildman–Crippen MR) is 162 cm³/mol. The molecule has 0 unspecified atom stereocenters. The van der Waals surface area contributed by atoms with Gasteiger partial charge in [-0.1, -0.05) is 85.8 Å². The highest BCUT2D eigenvalue weighted by atomic mass is 79.9. The molecule has 0 atom stereocenters. The zero-order valence-electron chi connectivity index (χ0n) is 23.1. The van der Waals surface area contributed by atoms with E-state index in [0.29, 0.717) is 41.5 Å². The molecule has 2 aromatic heterocycles. The lowest BCUT2D eigenvalue weighted by Crippen LogP contribution is -2.26. The molecule has 5 aromatic rings. The van der Waals surface area contributed by atoms with Crippen molar-refractivity contribution in [3.8, 4) is 22.5 Å². The molecule has 0 spiro atoms. The van der Waals surface area contributed by atoms with Gasteiger partial charge in [-0.3, -0.25) is 4.68 Å². The van der Waals surface area contributed by atoms with Gasteiger partial charge in [0, 0.05) is 25.2 Å². The third-order valence-electron chi connectivity index (χ3n) is 6.77. The Balaban J connectivity index is 1.42. The van der Waals surface area contributed by atoms with Crippen LogP contribution in [-0.2, 0) is 24.2 Å². The molecule has 5 rings (SSSR count). The van der Waals surface area contributed by atoms with Crippen LogP contribution in [-0.4, -0.2) is 49.5 Å². The number of hydrogen-bond acceptors (Lipinski definition) is 7. The Kier molecular flexibility index (Phi) is 9.20. The van der Waals surface area contributed by atoms with Crippen molar-refractivity contribution < 1.29 is 9.53 Å². The van der Waals surface area contributed by atoms with Crippen molar-refractivity contribution in [2.24, 2.45) is 0 Å². The van der Waals surface area contributed by atoms with Crippen LogP contribution in [0.25, 0.3) is 22.5 Å². The minimum absolute atomic E-state index is 0.292. The summed E-state index contributed by atoms with van der Waals surface area (Å²) in [5.41, 5.74) is 5.80. The van der Waals surface area contributed by atoms with Crippen LogP contribution in [0.1, 0.15) is 41.8 Å². The lowest BCUT2D eigenvalue weighted by Gasteiger charge is -2.23. The zero-order chi connectivity index (χ0) is 28.6. The van der Waals surface area contributed by atoms with E-state index in [0.717, 1.165) is 41.6 Å². The van der Waals surface area contributed by atoms with E-state index in [2.05, 4.69) is 90.8 Å². The second-order valence-electron chi connectivity index (χ2n) is 9.58. The maximum atomic E-state index is 13.1. The average molecular weight is 615 g/mol. The van der Waals surface area contributed by atoms with E-state index >= 15 is 0 Å². The summed E-state index contributed by atoms with van der Waals surface area (Å²) >= 11 is 3.67. The summed E-state index contributed by atoms with van der Waals surface area (Å²) in [4.78, 5) is 15.3. The number of tetrazole rings is 1. The first kappa shape index (κ1) is 28.2. The van der Waals surface area contributed by atoms with Crippen LogP contribution in [0, 0.1) is 0 Å². The van der Waals surface area contributed by atoms with Crippen molar-refractivity contribution in [2.45, 2.75) is 39.8 Å². The lowest BCUT2D eigenvalue weighted by atomic mass is 9.98. The van der Waals surface area contributed by atoms with Gasteiger partial charge >= 0.3 is 5.97 Å². The van der Waals surface area contributed by atoms with Crippen LogP contribution in [0.3, 0.4) is 0 Å². The number of aromatic nitrogens is 6. The number of H-pyrrole nitrogens is 1. The molecular formula is C31H32BrN7O2. The van der Waals surface area contributed by atoms with E-state index in [1.54, 1.807) is 0 Å². The van der Waals surface area contributed by atoms with E-state index in [9.17, 15) is 4.79 Å². The number of hydrogen-bond donors (Lipinski definition) is 1. The lowest BCUT2D eigenvalue weighted by molar-refractivity contribution is 0.0525. The summed E-state index contributed by atoms with van der Waals surface area (Å²) in [6, 6.07) is 26.7. The smallest absolute Gasteiger partial charge is 0.344 e. The Morgan fingerprint density at radius 2 is 1.68 bits per heavy atom. The standard InChI is InChI=1S/C31H32BrN7O2/c1-3-19-38(21-23-14-16-24(17-15-23)25-12-8-9-13-26(25)29-33-36-37-34-29)30-27(31(40)41-4-2)28(32)39(35-30)20-18-22-10-6-5-7-11-22/h5-17H,3-4,18-21H2,1-2H3,(H,33,34,36,37). The van der Waals surface area contributed by atoms with Crippen LogP contribution in [0.15, 0.2) is 83.5 Å². The molecule has 1 N–H and O–H groups in total. The van der Waals surface area contributed by atoms with Crippen molar-refractivity contribution in [3.05, 3.63) is 100 Å². The van der Waals surface area contributed by atoms with Gasteiger partial charge in [0.25, 0.3) is 0 Å². The minimum Gasteiger partial charge on any atom is -0.462 e. The molecule has 0 aliphatic rings. The van der Waals surface area contributed by atoms with E-state index in [1.165, 1.54) is 5.56 Å². The van der Waals surface area contributed by atoms with Crippen molar-refractivity contribution in [1.29, 1.82) is 0 Å². The highest BCUT2D eigenvalue weighted by molar-refractivity contribution is 9.10. The number of aromatic amines is 1. The van der Waals surface area contributed by atoms with E-state index in [-0.39, 0.29) is 5.97 Å². The molecule has 3 aromatic carbocycles. The fourth-order valence-corrected chi connectivity index (χ4v) is 5.41. The fraction of sp³-hybridized carbons (Fsp3) is 0.258. The second-order valence-corrected chi connectivity index (χ2v) is 10.3. The summed E-state index contributed by atoms with van der Waals surface area (Å²) in [6.07, 6.45) is 1.69. The third kappa shape index (κ3) is 6.54. The van der Waals surface area contributed by atoms with E-state index < -0.39 is 0 Å². The minimum atomic E-state index is -0.379. The fourth-order valence-electron chi connectivity index (χ4n) is 4.81. The largest absolute Gasteiger partial charge is 0.462 e. The number of ether oxygens (including phenoxy) is 1. The van der Waals surface area contributed by atoms with E-state index in [1.807, 2.05) is 48.0 Å². The molecule has 0 bridgehead atoms. The van der Waals surface area contributed by atoms with Crippen LogP contribution < -0.4 is 4.90 Å². The number of benzene rings is 3. The Hall–Kier alpha value is -4.31. The van der Waals surface area contributed by atoms with Gasteiger partial charge in [-0.15, -0.1) is 5.10 Å². The molecule has 210 valence electrons.